The van der Waals surface area contributed by atoms with Crippen LogP contribution in [0.2, 0.25) is 20.2 Å². The second-order valence-electron chi connectivity index (χ2n) is 5.81. The SMILES string of the molecule is Cc1nn(CCCNC(=O)c2cc(-c3ccc(Cl)cc3Cl)n[nH]2)c(Cl)c1Cl. The molecule has 142 valence electrons. The first-order valence-corrected chi connectivity index (χ1v) is 9.55. The fourth-order valence-corrected chi connectivity index (χ4v) is 3.38. The molecule has 0 saturated carbocycles. The van der Waals surface area contributed by atoms with Gasteiger partial charge in [-0.2, -0.15) is 10.2 Å². The van der Waals surface area contributed by atoms with E-state index in [4.69, 9.17) is 46.4 Å². The van der Waals surface area contributed by atoms with Crippen LogP contribution in [0.25, 0.3) is 11.3 Å². The third-order valence-electron chi connectivity index (χ3n) is 3.86. The number of nitrogens with one attached hydrogen (secondary N) is 2. The van der Waals surface area contributed by atoms with Crippen LogP contribution in [0.1, 0.15) is 22.6 Å². The molecule has 0 atom stereocenters. The predicted octanol–water partition coefficient (Wildman–Crippen LogP) is 5.02. The molecule has 0 aliphatic heterocycles. The molecule has 0 fully saturated rings. The molecule has 2 heterocycles. The van der Waals surface area contributed by atoms with Crippen LogP contribution in [-0.4, -0.2) is 32.4 Å². The molecule has 0 radical (unpaired) electrons. The molecule has 1 amide bonds. The maximum Gasteiger partial charge on any atom is 0.269 e. The molecule has 1 aromatic carbocycles. The molecule has 27 heavy (non-hydrogen) atoms. The van der Waals surface area contributed by atoms with E-state index in [1.165, 1.54) is 0 Å². The van der Waals surface area contributed by atoms with Crippen molar-refractivity contribution in [2.75, 3.05) is 6.54 Å². The van der Waals surface area contributed by atoms with Crippen molar-refractivity contribution in [1.82, 2.24) is 25.3 Å². The summed E-state index contributed by atoms with van der Waals surface area (Å²) in [6.45, 7) is 2.78. The smallest absolute Gasteiger partial charge is 0.269 e. The molecule has 0 unspecified atom stereocenters. The van der Waals surface area contributed by atoms with Crippen molar-refractivity contribution in [1.29, 1.82) is 0 Å². The normalized spacial score (nSPS) is 11.0. The van der Waals surface area contributed by atoms with E-state index in [-0.39, 0.29) is 5.91 Å². The number of nitrogens with zero attached hydrogens (tertiary/aromatic N) is 3. The van der Waals surface area contributed by atoms with Crippen LogP contribution in [0.5, 0.6) is 0 Å². The Morgan fingerprint density at radius 3 is 2.67 bits per heavy atom. The van der Waals surface area contributed by atoms with Gasteiger partial charge in [0, 0.05) is 23.7 Å². The Labute approximate surface area is 175 Å². The number of amides is 1. The molecule has 0 bridgehead atoms. The number of carbonyl (C=O) groups is 1. The lowest BCUT2D eigenvalue weighted by Gasteiger charge is -2.05. The lowest BCUT2D eigenvalue weighted by atomic mass is 10.1. The van der Waals surface area contributed by atoms with Crippen LogP contribution in [0.3, 0.4) is 0 Å². The van der Waals surface area contributed by atoms with Gasteiger partial charge in [-0.15, -0.1) is 0 Å². The minimum atomic E-state index is -0.264. The second kappa shape index (κ2) is 8.52. The third kappa shape index (κ3) is 4.58. The summed E-state index contributed by atoms with van der Waals surface area (Å²) in [5.74, 6) is -0.264. The fraction of sp³-hybridized carbons (Fsp3) is 0.235. The zero-order valence-electron chi connectivity index (χ0n) is 14.2. The highest BCUT2D eigenvalue weighted by molar-refractivity contribution is 6.41. The summed E-state index contributed by atoms with van der Waals surface area (Å²) in [5, 5.41) is 15.8. The lowest BCUT2D eigenvalue weighted by Crippen LogP contribution is -2.25. The lowest BCUT2D eigenvalue weighted by molar-refractivity contribution is 0.0947. The van der Waals surface area contributed by atoms with Crippen molar-refractivity contribution in [3.63, 3.8) is 0 Å². The monoisotopic (exact) mass is 445 g/mol. The van der Waals surface area contributed by atoms with Gasteiger partial charge in [0.05, 0.1) is 16.4 Å². The van der Waals surface area contributed by atoms with Gasteiger partial charge in [-0.25, -0.2) is 0 Å². The second-order valence-corrected chi connectivity index (χ2v) is 7.39. The summed E-state index contributed by atoms with van der Waals surface area (Å²) in [7, 11) is 0. The Kier molecular flexibility index (Phi) is 6.32. The van der Waals surface area contributed by atoms with E-state index in [1.807, 2.05) is 0 Å². The molecule has 3 rings (SSSR count). The van der Waals surface area contributed by atoms with Gasteiger partial charge in [-0.05, 0) is 37.6 Å². The fourth-order valence-electron chi connectivity index (χ4n) is 2.48. The summed E-state index contributed by atoms with van der Waals surface area (Å²) >= 11 is 24.2. The highest BCUT2D eigenvalue weighted by Crippen LogP contribution is 2.29. The summed E-state index contributed by atoms with van der Waals surface area (Å²) in [6.07, 6.45) is 0.646. The van der Waals surface area contributed by atoms with Gasteiger partial charge in [0.2, 0.25) is 0 Å². The predicted molar refractivity (Wildman–Crippen MR) is 108 cm³/mol. The summed E-state index contributed by atoms with van der Waals surface area (Å²) < 4.78 is 1.61. The number of halogens is 4. The molecule has 10 heteroatoms. The first-order chi connectivity index (χ1) is 12.9. The topological polar surface area (TPSA) is 75.6 Å². The zero-order valence-corrected chi connectivity index (χ0v) is 17.2. The molecule has 0 aliphatic carbocycles. The minimum Gasteiger partial charge on any atom is -0.351 e. The van der Waals surface area contributed by atoms with Crippen LogP contribution in [-0.2, 0) is 6.54 Å². The standard InChI is InChI=1S/C17H15Cl4N5O/c1-9-15(20)16(21)26(25-9)6-2-5-22-17(27)14-8-13(23-24-14)11-4-3-10(18)7-12(11)19/h3-4,7-8H,2,5-6H2,1H3,(H,22,27)(H,23,24). The first kappa shape index (κ1) is 20.0. The maximum absolute atomic E-state index is 12.3. The van der Waals surface area contributed by atoms with Crippen molar-refractivity contribution < 1.29 is 4.79 Å². The molecule has 2 aromatic heterocycles. The Morgan fingerprint density at radius 2 is 2.00 bits per heavy atom. The highest BCUT2D eigenvalue weighted by Gasteiger charge is 2.14. The average Bonchev–Trinajstić information content (AvgIpc) is 3.20. The van der Waals surface area contributed by atoms with Gasteiger partial charge in [-0.1, -0.05) is 46.4 Å². The molecular formula is C17H15Cl4N5O. The summed E-state index contributed by atoms with van der Waals surface area (Å²) in [4.78, 5) is 12.3. The molecule has 0 spiro atoms. The molecule has 6 nitrogen and oxygen atoms in total. The number of aromatic nitrogens is 4. The largest absolute Gasteiger partial charge is 0.351 e. The minimum absolute atomic E-state index is 0.264. The van der Waals surface area contributed by atoms with Crippen molar-refractivity contribution in [3.8, 4) is 11.3 Å². The Hall–Kier alpha value is -1.73. The number of hydrogen-bond acceptors (Lipinski definition) is 3. The number of H-pyrrole nitrogens is 1. The molecule has 0 aliphatic rings. The van der Waals surface area contributed by atoms with Gasteiger partial charge in [0.15, 0.2) is 0 Å². The molecule has 3 aromatic rings. The van der Waals surface area contributed by atoms with Crippen LogP contribution < -0.4 is 5.32 Å². The van der Waals surface area contributed by atoms with Gasteiger partial charge < -0.3 is 5.32 Å². The number of aryl methyl sites for hydroxylation is 2. The van der Waals surface area contributed by atoms with E-state index in [0.29, 0.717) is 62.4 Å². The summed E-state index contributed by atoms with van der Waals surface area (Å²) in [5.41, 5.74) is 2.27. The van der Waals surface area contributed by atoms with Crippen molar-refractivity contribution in [2.24, 2.45) is 0 Å². The summed E-state index contributed by atoms with van der Waals surface area (Å²) in [6, 6.07) is 6.73. The number of carbonyl (C=O) groups excluding carboxylic acids is 1. The number of hydrogen-bond donors (Lipinski definition) is 2. The van der Waals surface area contributed by atoms with Crippen molar-refractivity contribution in [3.05, 3.63) is 55.9 Å². The average molecular weight is 447 g/mol. The van der Waals surface area contributed by atoms with Gasteiger partial charge in [0.25, 0.3) is 5.91 Å². The van der Waals surface area contributed by atoms with Crippen molar-refractivity contribution in [2.45, 2.75) is 19.9 Å². The molecular weight excluding hydrogens is 432 g/mol. The number of benzene rings is 1. The van der Waals surface area contributed by atoms with Crippen LogP contribution in [0.15, 0.2) is 24.3 Å². The molecule has 2 N–H and O–H groups in total. The zero-order chi connectivity index (χ0) is 19.6. The Balaban J connectivity index is 1.56. The Morgan fingerprint density at radius 1 is 1.22 bits per heavy atom. The van der Waals surface area contributed by atoms with Gasteiger partial charge >= 0.3 is 0 Å². The van der Waals surface area contributed by atoms with E-state index >= 15 is 0 Å². The van der Waals surface area contributed by atoms with Gasteiger partial charge in [-0.3, -0.25) is 14.6 Å². The number of aromatic amines is 1. The van der Waals surface area contributed by atoms with Gasteiger partial charge in [0.1, 0.15) is 15.9 Å². The Bertz CT molecular complexity index is 982. The van der Waals surface area contributed by atoms with Crippen molar-refractivity contribution >= 4 is 52.3 Å². The van der Waals surface area contributed by atoms with E-state index in [2.05, 4.69) is 20.6 Å². The van der Waals surface area contributed by atoms with E-state index in [1.54, 1.807) is 35.9 Å². The highest BCUT2D eigenvalue weighted by atomic mass is 35.5. The molecule has 0 saturated heterocycles. The van der Waals surface area contributed by atoms with Crippen LogP contribution in [0.4, 0.5) is 0 Å². The van der Waals surface area contributed by atoms with Crippen LogP contribution >= 0.6 is 46.4 Å². The van der Waals surface area contributed by atoms with E-state index in [0.717, 1.165) is 0 Å². The number of rotatable bonds is 6. The quantitative estimate of drug-likeness (QED) is 0.522. The van der Waals surface area contributed by atoms with E-state index < -0.39 is 0 Å². The van der Waals surface area contributed by atoms with E-state index in [9.17, 15) is 4.79 Å². The van der Waals surface area contributed by atoms with Crippen LogP contribution in [0, 0.1) is 6.92 Å². The maximum atomic E-state index is 12.3. The first-order valence-electron chi connectivity index (χ1n) is 8.04. The third-order valence-corrected chi connectivity index (χ3v) is 5.34.